The fourth-order valence-electron chi connectivity index (χ4n) is 1.31. The Morgan fingerprint density at radius 1 is 1.43 bits per heavy atom. The number of fused-ring (bicyclic) bond motifs is 1. The van der Waals surface area contributed by atoms with Crippen molar-refractivity contribution in [3.8, 4) is 0 Å². The molecule has 0 fully saturated rings. The smallest absolute Gasteiger partial charge is 0.155 e. The van der Waals surface area contributed by atoms with E-state index in [0.717, 1.165) is 17.0 Å². The molecule has 0 aliphatic rings. The molecule has 4 nitrogen and oxygen atoms in total. The van der Waals surface area contributed by atoms with Crippen molar-refractivity contribution >= 4 is 5.65 Å². The second kappa shape index (κ2) is 3.38. The van der Waals surface area contributed by atoms with E-state index in [9.17, 15) is 0 Å². The van der Waals surface area contributed by atoms with E-state index in [4.69, 9.17) is 5.73 Å². The molecule has 2 N–H and O–H groups in total. The highest BCUT2D eigenvalue weighted by atomic mass is 15.3. The largest absolute Gasteiger partial charge is 0.326 e. The molecule has 4 heteroatoms. The van der Waals surface area contributed by atoms with Crippen molar-refractivity contribution in [1.29, 1.82) is 0 Å². The van der Waals surface area contributed by atoms with Crippen molar-refractivity contribution in [2.75, 3.05) is 0 Å². The fraction of sp³-hybridized carbons (Fsp3) is 0.400. The molecule has 0 unspecified atom stereocenters. The molecule has 0 saturated carbocycles. The van der Waals surface area contributed by atoms with Crippen molar-refractivity contribution in [3.05, 3.63) is 29.7 Å². The number of pyridine rings is 1. The van der Waals surface area contributed by atoms with E-state index in [-0.39, 0.29) is 0 Å². The topological polar surface area (TPSA) is 56.2 Å². The van der Waals surface area contributed by atoms with Gasteiger partial charge in [-0.15, -0.1) is 0 Å². The highest BCUT2D eigenvalue weighted by Gasteiger charge is 2.06. The molecule has 0 aliphatic carbocycles. The quantitative estimate of drug-likeness (QED) is 0.776. The molecule has 0 radical (unpaired) electrons. The standard InChI is InChI=1S/C10H14N4/c1-7(2)10-12-9-4-3-8(5-11)6-14(9)13-10/h3-4,6-7H,5,11H2,1-2H3. The van der Waals surface area contributed by atoms with Gasteiger partial charge in [0.1, 0.15) is 0 Å². The van der Waals surface area contributed by atoms with Crippen LogP contribution in [0.15, 0.2) is 18.3 Å². The minimum atomic E-state index is 0.358. The lowest BCUT2D eigenvalue weighted by molar-refractivity contribution is 0.763. The minimum absolute atomic E-state index is 0.358. The first-order valence-corrected chi connectivity index (χ1v) is 4.76. The van der Waals surface area contributed by atoms with Gasteiger partial charge in [0.25, 0.3) is 0 Å². The monoisotopic (exact) mass is 190 g/mol. The first-order valence-electron chi connectivity index (χ1n) is 4.76. The Balaban J connectivity index is 2.54. The van der Waals surface area contributed by atoms with Gasteiger partial charge in [-0.3, -0.25) is 0 Å². The third-order valence-electron chi connectivity index (χ3n) is 2.16. The van der Waals surface area contributed by atoms with Crippen molar-refractivity contribution in [1.82, 2.24) is 14.6 Å². The number of nitrogens with two attached hydrogens (primary N) is 1. The molecule has 0 saturated heterocycles. The summed E-state index contributed by atoms with van der Waals surface area (Å²) in [4.78, 5) is 4.40. The van der Waals surface area contributed by atoms with E-state index in [0.29, 0.717) is 12.5 Å². The van der Waals surface area contributed by atoms with Crippen molar-refractivity contribution in [3.63, 3.8) is 0 Å². The van der Waals surface area contributed by atoms with Crippen LogP contribution in [0.25, 0.3) is 5.65 Å². The van der Waals surface area contributed by atoms with Crippen LogP contribution in [0.1, 0.15) is 31.2 Å². The summed E-state index contributed by atoms with van der Waals surface area (Å²) in [7, 11) is 0. The molecule has 14 heavy (non-hydrogen) atoms. The lowest BCUT2D eigenvalue weighted by atomic mass is 10.2. The van der Waals surface area contributed by atoms with Crippen LogP contribution in [0.3, 0.4) is 0 Å². The molecule has 2 heterocycles. The molecule has 0 atom stereocenters. The normalized spacial score (nSPS) is 11.4. The van der Waals surface area contributed by atoms with Gasteiger partial charge in [-0.25, -0.2) is 9.50 Å². The summed E-state index contributed by atoms with van der Waals surface area (Å²) < 4.78 is 1.79. The van der Waals surface area contributed by atoms with Crippen LogP contribution in [0.5, 0.6) is 0 Å². The Hall–Kier alpha value is -1.42. The van der Waals surface area contributed by atoms with E-state index in [1.807, 2.05) is 18.3 Å². The van der Waals surface area contributed by atoms with E-state index < -0.39 is 0 Å². The molecule has 2 aromatic rings. The first kappa shape index (κ1) is 9.15. The zero-order valence-corrected chi connectivity index (χ0v) is 8.44. The molecule has 2 rings (SSSR count). The van der Waals surface area contributed by atoms with Gasteiger partial charge >= 0.3 is 0 Å². The molecule has 0 amide bonds. The zero-order valence-electron chi connectivity index (χ0n) is 8.44. The zero-order chi connectivity index (χ0) is 10.1. The molecule has 2 aromatic heterocycles. The van der Waals surface area contributed by atoms with Crippen molar-refractivity contribution in [2.45, 2.75) is 26.3 Å². The summed E-state index contributed by atoms with van der Waals surface area (Å²) in [5.41, 5.74) is 7.49. The van der Waals surface area contributed by atoms with E-state index >= 15 is 0 Å². The van der Waals surface area contributed by atoms with Gasteiger partial charge in [-0.05, 0) is 11.6 Å². The van der Waals surface area contributed by atoms with Gasteiger partial charge in [-0.1, -0.05) is 19.9 Å². The van der Waals surface area contributed by atoms with Gasteiger partial charge < -0.3 is 5.73 Å². The maximum atomic E-state index is 5.55. The number of hydrogen-bond donors (Lipinski definition) is 1. The Labute approximate surface area is 82.8 Å². The lowest BCUT2D eigenvalue weighted by Gasteiger charge is -1.95. The molecule has 0 aliphatic heterocycles. The average molecular weight is 190 g/mol. The van der Waals surface area contributed by atoms with Crippen LogP contribution in [0.2, 0.25) is 0 Å². The van der Waals surface area contributed by atoms with Crippen LogP contribution in [-0.2, 0) is 6.54 Å². The van der Waals surface area contributed by atoms with Gasteiger partial charge in [0.15, 0.2) is 11.5 Å². The fourth-order valence-corrected chi connectivity index (χ4v) is 1.31. The predicted molar refractivity (Wildman–Crippen MR) is 55.0 cm³/mol. The number of hydrogen-bond acceptors (Lipinski definition) is 3. The Kier molecular flexibility index (Phi) is 2.21. The SMILES string of the molecule is CC(C)c1nc2ccc(CN)cn2n1. The van der Waals surface area contributed by atoms with Gasteiger partial charge in [-0.2, -0.15) is 5.10 Å². The van der Waals surface area contributed by atoms with Crippen LogP contribution in [0.4, 0.5) is 0 Å². The maximum absolute atomic E-state index is 5.55. The van der Waals surface area contributed by atoms with Crippen LogP contribution in [-0.4, -0.2) is 14.6 Å². The van der Waals surface area contributed by atoms with Crippen LogP contribution >= 0.6 is 0 Å². The molecular formula is C10H14N4. The van der Waals surface area contributed by atoms with Gasteiger partial charge in [0.2, 0.25) is 0 Å². The van der Waals surface area contributed by atoms with Gasteiger partial charge in [0.05, 0.1) is 0 Å². The van der Waals surface area contributed by atoms with Gasteiger partial charge in [0, 0.05) is 18.7 Å². The summed E-state index contributed by atoms with van der Waals surface area (Å²) in [6.07, 6.45) is 1.92. The Morgan fingerprint density at radius 3 is 2.86 bits per heavy atom. The lowest BCUT2D eigenvalue weighted by Crippen LogP contribution is -1.99. The Bertz CT molecular complexity index is 444. The Morgan fingerprint density at radius 2 is 2.21 bits per heavy atom. The highest BCUT2D eigenvalue weighted by Crippen LogP contribution is 2.11. The summed E-state index contributed by atoms with van der Waals surface area (Å²) >= 11 is 0. The first-order chi connectivity index (χ1) is 6.70. The molecule has 0 spiro atoms. The van der Waals surface area contributed by atoms with Crippen LogP contribution in [0, 0.1) is 0 Å². The highest BCUT2D eigenvalue weighted by molar-refractivity contribution is 5.38. The third-order valence-corrected chi connectivity index (χ3v) is 2.16. The average Bonchev–Trinajstić information content (AvgIpc) is 2.59. The van der Waals surface area contributed by atoms with E-state index in [1.165, 1.54) is 0 Å². The molecule has 0 bridgehead atoms. The summed E-state index contributed by atoms with van der Waals surface area (Å²) in [5, 5.41) is 4.37. The van der Waals surface area contributed by atoms with Crippen molar-refractivity contribution in [2.24, 2.45) is 5.73 Å². The summed E-state index contributed by atoms with van der Waals surface area (Å²) in [6, 6.07) is 3.93. The second-order valence-corrected chi connectivity index (χ2v) is 3.67. The molecular weight excluding hydrogens is 176 g/mol. The second-order valence-electron chi connectivity index (χ2n) is 3.67. The summed E-state index contributed by atoms with van der Waals surface area (Å²) in [6.45, 7) is 4.70. The van der Waals surface area contributed by atoms with E-state index in [1.54, 1.807) is 4.52 Å². The number of nitrogens with zero attached hydrogens (tertiary/aromatic N) is 3. The minimum Gasteiger partial charge on any atom is -0.326 e. The third kappa shape index (κ3) is 1.48. The number of rotatable bonds is 2. The maximum Gasteiger partial charge on any atom is 0.155 e. The summed E-state index contributed by atoms with van der Waals surface area (Å²) in [5.74, 6) is 1.23. The molecule has 74 valence electrons. The van der Waals surface area contributed by atoms with Crippen LogP contribution < -0.4 is 5.73 Å². The van der Waals surface area contributed by atoms with E-state index in [2.05, 4.69) is 23.9 Å². The van der Waals surface area contributed by atoms with Crippen molar-refractivity contribution < 1.29 is 0 Å². The molecule has 0 aromatic carbocycles. The number of aromatic nitrogens is 3. The predicted octanol–water partition coefficient (Wildman–Crippen LogP) is 1.31.